The number of likely N-dealkylation sites (tertiary alicyclic amines) is 1. The predicted octanol–water partition coefficient (Wildman–Crippen LogP) is 1.75. The van der Waals surface area contributed by atoms with E-state index in [4.69, 9.17) is 9.47 Å². The number of aryl methyl sites for hydroxylation is 1. The Kier molecular flexibility index (Phi) is 6.43. The first kappa shape index (κ1) is 23.7. The summed E-state index contributed by atoms with van der Waals surface area (Å²) in [4.78, 5) is 28.8. The summed E-state index contributed by atoms with van der Waals surface area (Å²) < 4.78 is 39.7. The van der Waals surface area contributed by atoms with Crippen LogP contribution in [-0.4, -0.2) is 81.2 Å². The molecule has 10 heteroatoms. The van der Waals surface area contributed by atoms with Crippen molar-refractivity contribution in [1.82, 2.24) is 9.21 Å². The molecule has 0 bridgehead atoms. The van der Waals surface area contributed by atoms with Gasteiger partial charge in [0.1, 0.15) is 0 Å². The Bertz CT molecular complexity index is 1050. The van der Waals surface area contributed by atoms with Gasteiger partial charge in [-0.3, -0.25) is 9.59 Å². The molecule has 34 heavy (non-hydrogen) atoms. The molecular weight excluding hydrogens is 458 g/mol. The smallest absolute Gasteiger partial charge is 0.243 e. The predicted molar refractivity (Wildman–Crippen MR) is 125 cm³/mol. The Hall–Kier alpha value is -2.01. The van der Waals surface area contributed by atoms with Gasteiger partial charge in [-0.2, -0.15) is 4.31 Å². The van der Waals surface area contributed by atoms with Crippen molar-refractivity contribution in [2.45, 2.75) is 56.1 Å². The second kappa shape index (κ2) is 9.22. The highest BCUT2D eigenvalue weighted by atomic mass is 32.2. The monoisotopic (exact) mass is 491 g/mol. The molecule has 0 saturated carbocycles. The van der Waals surface area contributed by atoms with Crippen LogP contribution in [0, 0.1) is 5.92 Å². The number of ether oxygens (including phenoxy) is 2. The molecule has 0 radical (unpaired) electrons. The highest BCUT2D eigenvalue weighted by Crippen LogP contribution is 2.34. The van der Waals surface area contributed by atoms with E-state index < -0.39 is 15.8 Å². The quantitative estimate of drug-likeness (QED) is 0.639. The SMILES string of the molecule is CC(=O)N1CCCc2cc(S(=O)(=O)N3CCC(C(=O)N4CCC5(CC4)OCCO5)CC3)ccc21. The first-order valence-corrected chi connectivity index (χ1v) is 13.7. The van der Waals surface area contributed by atoms with Gasteiger partial charge in [0.05, 0.1) is 18.1 Å². The summed E-state index contributed by atoms with van der Waals surface area (Å²) in [6, 6.07) is 5.07. The fourth-order valence-corrected chi connectivity index (χ4v) is 7.19. The summed E-state index contributed by atoms with van der Waals surface area (Å²) >= 11 is 0. The maximum absolute atomic E-state index is 13.3. The number of hydrogen-bond acceptors (Lipinski definition) is 6. The molecule has 2 amide bonds. The molecule has 3 fully saturated rings. The number of hydrogen-bond donors (Lipinski definition) is 0. The van der Waals surface area contributed by atoms with Crippen molar-refractivity contribution in [1.29, 1.82) is 0 Å². The summed E-state index contributed by atoms with van der Waals surface area (Å²) in [5.41, 5.74) is 1.70. The minimum atomic E-state index is -3.65. The highest BCUT2D eigenvalue weighted by Gasteiger charge is 2.42. The van der Waals surface area contributed by atoms with Gasteiger partial charge in [0, 0.05) is 64.1 Å². The van der Waals surface area contributed by atoms with Crippen molar-refractivity contribution in [2.75, 3.05) is 50.8 Å². The Labute approximate surface area is 201 Å². The third-order valence-electron chi connectivity index (χ3n) is 7.64. The third-order valence-corrected chi connectivity index (χ3v) is 9.54. The summed E-state index contributed by atoms with van der Waals surface area (Å²) in [5, 5.41) is 0. The second-order valence-corrected chi connectivity index (χ2v) is 11.6. The number of nitrogens with zero attached hydrogens (tertiary/aromatic N) is 3. The van der Waals surface area contributed by atoms with Gasteiger partial charge >= 0.3 is 0 Å². The van der Waals surface area contributed by atoms with Crippen LogP contribution in [0.1, 0.15) is 44.6 Å². The lowest BCUT2D eigenvalue weighted by atomic mass is 9.94. The zero-order chi connectivity index (χ0) is 23.9. The first-order chi connectivity index (χ1) is 16.3. The van der Waals surface area contributed by atoms with Gasteiger partial charge in [0.25, 0.3) is 0 Å². The lowest BCUT2D eigenvalue weighted by Crippen LogP contribution is -2.50. The molecule has 3 saturated heterocycles. The summed E-state index contributed by atoms with van der Waals surface area (Å²) in [6.07, 6.45) is 3.99. The number of sulfonamides is 1. The van der Waals surface area contributed by atoms with Crippen LogP contribution >= 0.6 is 0 Å². The lowest BCUT2D eigenvalue weighted by Gasteiger charge is -2.40. The van der Waals surface area contributed by atoms with Crippen LogP contribution in [0.4, 0.5) is 5.69 Å². The van der Waals surface area contributed by atoms with Crippen molar-refractivity contribution in [3.05, 3.63) is 23.8 Å². The van der Waals surface area contributed by atoms with Crippen LogP contribution in [-0.2, 0) is 35.5 Å². The average molecular weight is 492 g/mol. The standard InChI is InChI=1S/C24H33N3O6S/c1-18(28)27-10-2-3-20-17-21(4-5-22(20)27)34(30,31)26-11-6-19(7-12-26)23(29)25-13-8-24(9-14-25)32-15-16-33-24/h4-5,17,19H,2-3,6-16H2,1H3. The van der Waals surface area contributed by atoms with Crippen molar-refractivity contribution in [2.24, 2.45) is 5.92 Å². The largest absolute Gasteiger partial charge is 0.347 e. The number of fused-ring (bicyclic) bond motifs is 1. The molecular formula is C24H33N3O6S. The van der Waals surface area contributed by atoms with Gasteiger partial charge in [-0.1, -0.05) is 0 Å². The van der Waals surface area contributed by atoms with E-state index in [1.54, 1.807) is 23.1 Å². The van der Waals surface area contributed by atoms with Crippen LogP contribution < -0.4 is 4.90 Å². The van der Waals surface area contributed by atoms with Crippen molar-refractivity contribution >= 4 is 27.5 Å². The molecule has 1 aromatic rings. The molecule has 0 aliphatic carbocycles. The van der Waals surface area contributed by atoms with E-state index in [0.717, 1.165) is 24.1 Å². The maximum Gasteiger partial charge on any atom is 0.243 e. The van der Waals surface area contributed by atoms with Gasteiger partial charge in [0.2, 0.25) is 21.8 Å². The molecule has 0 unspecified atom stereocenters. The molecule has 0 N–H and O–H groups in total. The fourth-order valence-electron chi connectivity index (χ4n) is 5.66. The molecule has 9 nitrogen and oxygen atoms in total. The molecule has 0 atom stereocenters. The van der Waals surface area contributed by atoms with E-state index in [0.29, 0.717) is 71.6 Å². The van der Waals surface area contributed by atoms with Gasteiger partial charge in [-0.05, 0) is 49.4 Å². The Morgan fingerprint density at radius 1 is 1.00 bits per heavy atom. The van der Waals surface area contributed by atoms with Crippen molar-refractivity contribution in [3.8, 4) is 0 Å². The molecule has 186 valence electrons. The summed E-state index contributed by atoms with van der Waals surface area (Å²) in [7, 11) is -3.65. The molecule has 0 aromatic heterocycles. The zero-order valence-electron chi connectivity index (χ0n) is 19.7. The molecule has 4 aliphatic rings. The lowest BCUT2D eigenvalue weighted by molar-refractivity contribution is -0.188. The van der Waals surface area contributed by atoms with Crippen molar-refractivity contribution < 1.29 is 27.5 Å². The number of amides is 2. The molecule has 4 heterocycles. The first-order valence-electron chi connectivity index (χ1n) is 12.3. The van der Waals surface area contributed by atoms with Crippen LogP contribution in [0.2, 0.25) is 0 Å². The maximum atomic E-state index is 13.3. The number of anilines is 1. The van der Waals surface area contributed by atoms with E-state index >= 15 is 0 Å². The minimum absolute atomic E-state index is 0.0320. The Morgan fingerprint density at radius 3 is 2.32 bits per heavy atom. The molecule has 5 rings (SSSR count). The second-order valence-electron chi connectivity index (χ2n) is 9.68. The van der Waals surface area contributed by atoms with Crippen LogP contribution in [0.15, 0.2) is 23.1 Å². The summed E-state index contributed by atoms with van der Waals surface area (Å²) in [5.74, 6) is -0.582. The van der Waals surface area contributed by atoms with Gasteiger partial charge in [-0.25, -0.2) is 8.42 Å². The number of benzene rings is 1. The number of carbonyl (C=O) groups excluding carboxylic acids is 2. The van der Waals surface area contributed by atoms with Crippen molar-refractivity contribution in [3.63, 3.8) is 0 Å². The fraction of sp³-hybridized carbons (Fsp3) is 0.667. The van der Waals surface area contributed by atoms with E-state index in [1.165, 1.54) is 11.2 Å². The minimum Gasteiger partial charge on any atom is -0.347 e. The third kappa shape index (κ3) is 4.36. The average Bonchev–Trinajstić information content (AvgIpc) is 3.31. The highest BCUT2D eigenvalue weighted by molar-refractivity contribution is 7.89. The zero-order valence-corrected chi connectivity index (χ0v) is 20.5. The number of rotatable bonds is 3. The summed E-state index contributed by atoms with van der Waals surface area (Å²) in [6.45, 7) is 5.31. The topological polar surface area (TPSA) is 96.5 Å². The van der Waals surface area contributed by atoms with E-state index in [1.807, 2.05) is 4.90 Å². The van der Waals surface area contributed by atoms with Gasteiger partial charge in [-0.15, -0.1) is 0 Å². The van der Waals surface area contributed by atoms with E-state index in [9.17, 15) is 18.0 Å². The molecule has 1 aromatic carbocycles. The van der Waals surface area contributed by atoms with Crippen LogP contribution in [0.5, 0.6) is 0 Å². The van der Waals surface area contributed by atoms with Gasteiger partial charge < -0.3 is 19.3 Å². The Balaban J connectivity index is 1.20. The number of carbonyl (C=O) groups is 2. The van der Waals surface area contributed by atoms with E-state index in [2.05, 4.69) is 0 Å². The van der Waals surface area contributed by atoms with Crippen LogP contribution in [0.3, 0.4) is 0 Å². The molecule has 4 aliphatic heterocycles. The van der Waals surface area contributed by atoms with E-state index in [-0.39, 0.29) is 22.6 Å². The number of piperidine rings is 2. The van der Waals surface area contributed by atoms with Gasteiger partial charge in [0.15, 0.2) is 5.79 Å². The Morgan fingerprint density at radius 2 is 1.68 bits per heavy atom. The normalized spacial score (nSPS) is 23.8. The van der Waals surface area contributed by atoms with Crippen LogP contribution in [0.25, 0.3) is 0 Å². The molecule has 1 spiro atoms.